The number of hydrogen-bond acceptors (Lipinski definition) is 5. The first kappa shape index (κ1) is 18.4. The molecule has 6 heteroatoms. The Balaban J connectivity index is 1.48. The minimum absolute atomic E-state index is 0.130. The van der Waals surface area contributed by atoms with Gasteiger partial charge in [0, 0.05) is 11.3 Å². The van der Waals surface area contributed by atoms with Crippen molar-refractivity contribution in [2.24, 2.45) is 0 Å². The summed E-state index contributed by atoms with van der Waals surface area (Å²) in [5.74, 6) is 1.09. The second-order valence-corrected chi connectivity index (χ2v) is 6.49. The van der Waals surface area contributed by atoms with E-state index in [4.69, 9.17) is 9.26 Å². The third-order valence-corrected chi connectivity index (χ3v) is 4.27. The number of amides is 1. The molecule has 1 aromatic heterocycles. The number of aryl methyl sites for hydroxylation is 1. The van der Waals surface area contributed by atoms with Crippen molar-refractivity contribution in [2.75, 3.05) is 11.9 Å². The van der Waals surface area contributed by atoms with Gasteiger partial charge in [-0.1, -0.05) is 53.2 Å². The van der Waals surface area contributed by atoms with E-state index >= 15 is 0 Å². The summed E-state index contributed by atoms with van der Waals surface area (Å²) in [6.45, 7) is 1.89. The number of aromatic nitrogens is 2. The molecule has 29 heavy (non-hydrogen) atoms. The summed E-state index contributed by atoms with van der Waals surface area (Å²) in [6.07, 6.45) is 0. The SMILES string of the molecule is Cc1ccc(-c2nc(-c3ccccc3OCC(=O)Nc3ccccc3)no2)cc1. The first-order valence-electron chi connectivity index (χ1n) is 9.17. The molecule has 144 valence electrons. The van der Waals surface area contributed by atoms with Gasteiger partial charge < -0.3 is 14.6 Å². The van der Waals surface area contributed by atoms with Gasteiger partial charge in [0.25, 0.3) is 11.8 Å². The number of nitrogens with zero attached hydrogens (tertiary/aromatic N) is 2. The Kier molecular flexibility index (Phi) is 5.33. The van der Waals surface area contributed by atoms with Crippen molar-refractivity contribution in [1.82, 2.24) is 10.1 Å². The maximum absolute atomic E-state index is 12.2. The van der Waals surface area contributed by atoms with E-state index in [-0.39, 0.29) is 12.5 Å². The molecule has 1 heterocycles. The Hall–Kier alpha value is -3.93. The Bertz CT molecular complexity index is 1110. The molecule has 4 rings (SSSR count). The van der Waals surface area contributed by atoms with Crippen LogP contribution in [0.15, 0.2) is 83.4 Å². The quantitative estimate of drug-likeness (QED) is 0.519. The number of benzene rings is 3. The van der Waals surface area contributed by atoms with Crippen LogP contribution in [0.25, 0.3) is 22.8 Å². The standard InChI is InChI=1S/C23H19N3O3/c1-16-11-13-17(14-12-16)23-25-22(26-29-23)19-9-5-6-10-20(19)28-15-21(27)24-18-7-3-2-4-8-18/h2-14H,15H2,1H3,(H,24,27). The van der Waals surface area contributed by atoms with Gasteiger partial charge in [0.05, 0.1) is 5.56 Å². The highest BCUT2D eigenvalue weighted by atomic mass is 16.5. The lowest BCUT2D eigenvalue weighted by atomic mass is 10.1. The number of carbonyl (C=O) groups excluding carboxylic acids is 1. The van der Waals surface area contributed by atoms with Crippen LogP contribution >= 0.6 is 0 Å². The van der Waals surface area contributed by atoms with Crippen LogP contribution in [0.4, 0.5) is 5.69 Å². The number of nitrogens with one attached hydrogen (secondary N) is 1. The fourth-order valence-electron chi connectivity index (χ4n) is 2.79. The van der Waals surface area contributed by atoms with Gasteiger partial charge in [-0.05, 0) is 43.3 Å². The predicted octanol–water partition coefficient (Wildman–Crippen LogP) is 4.73. The Labute approximate surface area is 168 Å². The summed E-state index contributed by atoms with van der Waals surface area (Å²) in [6, 6.07) is 24.4. The normalized spacial score (nSPS) is 10.5. The summed E-state index contributed by atoms with van der Waals surface area (Å²) in [7, 11) is 0. The number of ether oxygens (including phenoxy) is 1. The topological polar surface area (TPSA) is 77.2 Å². The van der Waals surface area contributed by atoms with Gasteiger partial charge in [-0.25, -0.2) is 0 Å². The lowest BCUT2D eigenvalue weighted by Gasteiger charge is -2.09. The van der Waals surface area contributed by atoms with Crippen LogP contribution < -0.4 is 10.1 Å². The van der Waals surface area contributed by atoms with E-state index in [1.165, 1.54) is 0 Å². The van der Waals surface area contributed by atoms with E-state index in [2.05, 4.69) is 15.5 Å². The summed E-state index contributed by atoms with van der Waals surface area (Å²) in [5, 5.41) is 6.86. The lowest BCUT2D eigenvalue weighted by molar-refractivity contribution is -0.118. The molecule has 0 fully saturated rings. The van der Waals surface area contributed by atoms with Gasteiger partial charge in [-0.15, -0.1) is 0 Å². The van der Waals surface area contributed by atoms with E-state index in [0.717, 1.165) is 16.8 Å². The van der Waals surface area contributed by atoms with Gasteiger partial charge in [-0.3, -0.25) is 4.79 Å². The van der Waals surface area contributed by atoms with Crippen LogP contribution in [-0.4, -0.2) is 22.7 Å². The van der Waals surface area contributed by atoms with Crippen LogP contribution in [0.5, 0.6) is 5.75 Å². The van der Waals surface area contributed by atoms with Gasteiger partial charge in [0.1, 0.15) is 5.75 Å². The molecule has 0 unspecified atom stereocenters. The van der Waals surface area contributed by atoms with Crippen molar-refractivity contribution >= 4 is 11.6 Å². The molecule has 1 amide bonds. The third kappa shape index (κ3) is 4.50. The van der Waals surface area contributed by atoms with Gasteiger partial charge in [-0.2, -0.15) is 4.98 Å². The molecule has 0 spiro atoms. The molecule has 6 nitrogen and oxygen atoms in total. The van der Waals surface area contributed by atoms with Crippen molar-refractivity contribution < 1.29 is 14.1 Å². The Morgan fingerprint density at radius 2 is 1.69 bits per heavy atom. The largest absolute Gasteiger partial charge is 0.483 e. The minimum Gasteiger partial charge on any atom is -0.483 e. The zero-order valence-corrected chi connectivity index (χ0v) is 15.8. The molecule has 0 bridgehead atoms. The molecular formula is C23H19N3O3. The second-order valence-electron chi connectivity index (χ2n) is 6.49. The number of para-hydroxylation sites is 2. The highest BCUT2D eigenvalue weighted by Gasteiger charge is 2.15. The van der Waals surface area contributed by atoms with Gasteiger partial charge >= 0.3 is 0 Å². The van der Waals surface area contributed by atoms with E-state index in [9.17, 15) is 4.79 Å². The molecule has 0 aliphatic rings. The first-order valence-corrected chi connectivity index (χ1v) is 9.17. The predicted molar refractivity (Wildman–Crippen MR) is 110 cm³/mol. The molecule has 0 saturated heterocycles. The zero-order chi connectivity index (χ0) is 20.1. The minimum atomic E-state index is -0.251. The van der Waals surface area contributed by atoms with Crippen LogP contribution in [0, 0.1) is 6.92 Å². The fraction of sp³-hybridized carbons (Fsp3) is 0.0870. The van der Waals surface area contributed by atoms with Crippen molar-refractivity contribution in [2.45, 2.75) is 6.92 Å². The van der Waals surface area contributed by atoms with Crippen molar-refractivity contribution in [1.29, 1.82) is 0 Å². The molecule has 3 aromatic carbocycles. The van der Waals surface area contributed by atoms with Crippen LogP contribution in [0.1, 0.15) is 5.56 Å². The number of carbonyl (C=O) groups is 1. The molecule has 4 aromatic rings. The molecule has 0 aliphatic carbocycles. The summed E-state index contributed by atoms with van der Waals surface area (Å²) >= 11 is 0. The number of rotatable bonds is 6. The van der Waals surface area contributed by atoms with E-state index in [0.29, 0.717) is 23.0 Å². The van der Waals surface area contributed by atoms with Gasteiger partial charge in [0.15, 0.2) is 6.61 Å². The smallest absolute Gasteiger partial charge is 0.262 e. The van der Waals surface area contributed by atoms with Crippen LogP contribution in [0.3, 0.4) is 0 Å². The van der Waals surface area contributed by atoms with E-state index in [1.807, 2.05) is 79.7 Å². The number of hydrogen-bond donors (Lipinski definition) is 1. The lowest BCUT2D eigenvalue weighted by Crippen LogP contribution is -2.20. The molecule has 0 aliphatic heterocycles. The van der Waals surface area contributed by atoms with Crippen LogP contribution in [-0.2, 0) is 4.79 Å². The fourth-order valence-corrected chi connectivity index (χ4v) is 2.79. The monoisotopic (exact) mass is 385 g/mol. The van der Waals surface area contributed by atoms with Crippen LogP contribution in [0.2, 0.25) is 0 Å². The maximum Gasteiger partial charge on any atom is 0.262 e. The molecule has 1 N–H and O–H groups in total. The molecular weight excluding hydrogens is 366 g/mol. The Morgan fingerprint density at radius 1 is 0.966 bits per heavy atom. The highest BCUT2D eigenvalue weighted by Crippen LogP contribution is 2.29. The first-order chi connectivity index (χ1) is 14.2. The summed E-state index contributed by atoms with van der Waals surface area (Å²) < 4.78 is 11.1. The average Bonchev–Trinajstić information content (AvgIpc) is 3.24. The van der Waals surface area contributed by atoms with Crippen molar-refractivity contribution in [3.63, 3.8) is 0 Å². The average molecular weight is 385 g/mol. The third-order valence-electron chi connectivity index (χ3n) is 4.27. The van der Waals surface area contributed by atoms with Crippen molar-refractivity contribution in [3.8, 4) is 28.6 Å². The van der Waals surface area contributed by atoms with E-state index in [1.54, 1.807) is 6.07 Å². The van der Waals surface area contributed by atoms with Crippen molar-refractivity contribution in [3.05, 3.63) is 84.4 Å². The molecule has 0 radical (unpaired) electrons. The summed E-state index contributed by atoms with van der Waals surface area (Å²) in [4.78, 5) is 16.6. The highest BCUT2D eigenvalue weighted by molar-refractivity contribution is 5.91. The summed E-state index contributed by atoms with van der Waals surface area (Å²) in [5.41, 5.74) is 3.37. The molecule has 0 atom stereocenters. The number of anilines is 1. The Morgan fingerprint density at radius 3 is 2.48 bits per heavy atom. The zero-order valence-electron chi connectivity index (χ0n) is 15.8. The maximum atomic E-state index is 12.2. The second kappa shape index (κ2) is 8.39. The van der Waals surface area contributed by atoms with Gasteiger partial charge in [0.2, 0.25) is 5.82 Å². The molecule has 0 saturated carbocycles. The van der Waals surface area contributed by atoms with E-state index < -0.39 is 0 Å².